The van der Waals surface area contributed by atoms with Gasteiger partial charge in [0.15, 0.2) is 25.0 Å². The normalized spacial score (nSPS) is 20.3. The Morgan fingerprint density at radius 2 is 1.58 bits per heavy atom. The molecule has 0 spiro atoms. The molecule has 6 rings (SSSR count). The number of ether oxygens (including phenoxy) is 2. The number of hydrogen-bond donors (Lipinski definition) is 8. The van der Waals surface area contributed by atoms with Crippen molar-refractivity contribution in [3.8, 4) is 5.75 Å². The molecule has 2 aromatic carbocycles. The number of carboxylic acids is 2. The summed E-state index contributed by atoms with van der Waals surface area (Å²) in [6.07, 6.45) is -1.54. The number of carbonyl (C=O) groups is 8. The summed E-state index contributed by atoms with van der Waals surface area (Å²) < 4.78 is 44.4. The molecule has 22 nitrogen and oxygen atoms in total. The first-order valence-corrected chi connectivity index (χ1v) is 23.3. The van der Waals surface area contributed by atoms with Crippen LogP contribution in [0.25, 0.3) is 6.08 Å². The zero-order chi connectivity index (χ0) is 54.1. The number of likely N-dealkylation sites (tertiary alicyclic amines) is 1. The third kappa shape index (κ3) is 16.5. The van der Waals surface area contributed by atoms with E-state index in [1.165, 1.54) is 12.1 Å². The van der Waals surface area contributed by atoms with Crippen LogP contribution in [0.5, 0.6) is 5.75 Å². The second-order valence-electron chi connectivity index (χ2n) is 17.2. The Morgan fingerprint density at radius 3 is 2.22 bits per heavy atom. The van der Waals surface area contributed by atoms with E-state index in [0.717, 1.165) is 57.3 Å². The number of anilines is 1. The number of nitrogens with two attached hydrogens (primary N) is 1. The van der Waals surface area contributed by atoms with Crippen molar-refractivity contribution in [2.24, 2.45) is 11.7 Å². The number of nitrogens with zero attached hydrogens (tertiary/aromatic N) is 3. The second-order valence-corrected chi connectivity index (χ2v) is 17.2. The lowest BCUT2D eigenvalue weighted by Crippen LogP contribution is -2.61. The molecule has 1 aromatic heterocycles. The van der Waals surface area contributed by atoms with Gasteiger partial charge in [-0.3, -0.25) is 33.7 Å². The molecule has 3 aliphatic heterocycles. The van der Waals surface area contributed by atoms with Gasteiger partial charge in [0, 0.05) is 80.1 Å². The molecule has 0 aliphatic carbocycles. The lowest BCUT2D eigenvalue weighted by Gasteiger charge is -2.38. The summed E-state index contributed by atoms with van der Waals surface area (Å²) in [5.41, 5.74) is 7.76. The summed E-state index contributed by atoms with van der Waals surface area (Å²) in [5.74, 6) is -7.14. The zero-order valence-electron chi connectivity index (χ0n) is 39.6. The first kappa shape index (κ1) is 57.3. The number of imide groups is 1. The van der Waals surface area contributed by atoms with Crippen LogP contribution in [0.2, 0.25) is 0 Å². The molecule has 4 heterocycles. The molecule has 9 N–H and O–H groups in total. The maximum absolute atomic E-state index is 13.3. The number of unbranched alkanes of at least 4 members (excludes halogenated alkanes) is 1. The largest absolute Gasteiger partial charge is 0.542 e. The van der Waals surface area contributed by atoms with Crippen LogP contribution >= 0.6 is 0 Å². The van der Waals surface area contributed by atoms with E-state index in [4.69, 9.17) is 25.1 Å². The van der Waals surface area contributed by atoms with Crippen LogP contribution in [0, 0.1) is 5.92 Å². The number of piperidine rings is 1. The summed E-state index contributed by atoms with van der Waals surface area (Å²) >= 11 is 0. The number of halogens is 3. The highest BCUT2D eigenvalue weighted by Gasteiger charge is 2.48. The van der Waals surface area contributed by atoms with E-state index >= 15 is 0 Å². The van der Waals surface area contributed by atoms with E-state index in [-0.39, 0.29) is 49.3 Å². The van der Waals surface area contributed by atoms with Gasteiger partial charge >= 0.3 is 12.1 Å². The van der Waals surface area contributed by atoms with Gasteiger partial charge in [-0.1, -0.05) is 31.0 Å². The first-order valence-electron chi connectivity index (χ1n) is 23.3. The predicted molar refractivity (Wildman–Crippen MR) is 249 cm³/mol. The molecule has 74 heavy (non-hydrogen) atoms. The van der Waals surface area contributed by atoms with Crippen molar-refractivity contribution in [2.75, 3.05) is 38.0 Å². The minimum Gasteiger partial charge on any atom is -0.542 e. The summed E-state index contributed by atoms with van der Waals surface area (Å²) in [7, 11) is 0. The Kier molecular flexibility index (Phi) is 20.9. The summed E-state index contributed by atoms with van der Waals surface area (Å²) in [4.78, 5) is 98.8. The van der Waals surface area contributed by atoms with Gasteiger partial charge in [0.2, 0.25) is 24.0 Å². The average Bonchev–Trinajstić information content (AvgIpc) is 3.70. The number of benzene rings is 2. The standard InChI is InChI=1S/C47H55N7O13.C2HF3O2/c48-26-34(54-38(57)15-16-39(54)58)44(62)50-21-17-37(56)51-33-25-31(11-13-35(33)66-47-42(61)40(59)41(60)43(67-47)46(64)65)28-52-22-6-8-30(27-52)12-14-36(55)49-20-5-4-7-29-18-23-53(24-19-29)45(63)32-9-2-1-3-10-32;3-2(4,5)1(6)7/h1-3,6,8-16,22,25,27,29,34,40-43,47,59-61H,4-5,7,17-21,23-24,26,28,48H2,(H3-,49,50,51,55,56,62,64,65);(H,6,7)/b14-12+;/t34-,40-,41-,42+,43-,47+;/m0./s1. The molecule has 2 saturated heterocycles. The second kappa shape index (κ2) is 26.9. The molecular weight excluding hydrogens is 984 g/mol. The van der Waals surface area contributed by atoms with Crippen LogP contribution in [0.15, 0.2) is 91.3 Å². The summed E-state index contributed by atoms with van der Waals surface area (Å²) in [6, 6.07) is 16.2. The number of carbonyl (C=O) groups excluding carboxylic acids is 7. The Balaban J connectivity index is 0.00000135. The molecule has 0 radical (unpaired) electrons. The van der Waals surface area contributed by atoms with Crippen molar-refractivity contribution >= 4 is 59.1 Å². The number of alkyl halides is 3. The Morgan fingerprint density at radius 1 is 0.905 bits per heavy atom. The van der Waals surface area contributed by atoms with Crippen LogP contribution in [-0.2, 0) is 44.8 Å². The van der Waals surface area contributed by atoms with E-state index in [0.29, 0.717) is 34.1 Å². The van der Waals surface area contributed by atoms with E-state index in [1.54, 1.807) is 36.7 Å². The fourth-order valence-corrected chi connectivity index (χ4v) is 7.97. The van der Waals surface area contributed by atoms with Crippen LogP contribution in [0.3, 0.4) is 0 Å². The van der Waals surface area contributed by atoms with Gasteiger partial charge < -0.3 is 66.4 Å². The number of aliphatic carboxylic acids is 2. The number of aliphatic hydroxyl groups is 3. The van der Waals surface area contributed by atoms with Crippen LogP contribution < -0.4 is 36.1 Å². The first-order chi connectivity index (χ1) is 35.2. The third-order valence-electron chi connectivity index (χ3n) is 11.9. The van der Waals surface area contributed by atoms with Gasteiger partial charge in [-0.15, -0.1) is 0 Å². The van der Waals surface area contributed by atoms with E-state index in [9.17, 15) is 67.2 Å². The van der Waals surface area contributed by atoms with Gasteiger partial charge in [0.1, 0.15) is 36.1 Å². The number of carboxylic acid groups (broad SMARTS) is 2. The number of nitrogens with one attached hydrogen (secondary N) is 3. The SMILES string of the molecule is NC[C@@H](C(=O)NCCC(=O)Nc1cc(C[n+]2cccc(/C=C/C(=O)NCCCCC3CCN(C(=O)c4ccccc4)CC3)c2)ccc1O[C@@H]1O[C@H](C(=O)O)[C@@H](O)[C@H](O)[C@H]1O)N1C(=O)C=CC1=O.O=C([O-])C(F)(F)F. The Hall–Kier alpha value is -7.58. The van der Waals surface area contributed by atoms with E-state index in [2.05, 4.69) is 16.0 Å². The van der Waals surface area contributed by atoms with Gasteiger partial charge in [-0.25, -0.2) is 9.36 Å². The number of pyridine rings is 1. The van der Waals surface area contributed by atoms with Gasteiger partial charge in [-0.05, 0) is 67.7 Å². The average molecular weight is 1040 g/mol. The van der Waals surface area contributed by atoms with Gasteiger partial charge in [0.25, 0.3) is 17.7 Å². The Bertz CT molecular complexity index is 2540. The van der Waals surface area contributed by atoms with Crippen LogP contribution in [0.1, 0.15) is 60.0 Å². The molecule has 0 saturated carbocycles. The van der Waals surface area contributed by atoms with E-state index in [1.807, 2.05) is 45.9 Å². The van der Waals surface area contributed by atoms with Crippen molar-refractivity contribution in [1.82, 2.24) is 20.4 Å². The molecule has 25 heteroatoms. The molecule has 398 valence electrons. The highest BCUT2D eigenvalue weighted by molar-refractivity contribution is 6.15. The van der Waals surface area contributed by atoms with Crippen molar-refractivity contribution in [2.45, 2.75) is 88.0 Å². The molecule has 3 aromatic rings. The molecule has 6 amide bonds. The van der Waals surface area contributed by atoms with Crippen molar-refractivity contribution in [3.63, 3.8) is 0 Å². The summed E-state index contributed by atoms with van der Waals surface area (Å²) in [6.45, 7) is 1.68. The van der Waals surface area contributed by atoms with Crippen molar-refractivity contribution < 1.29 is 91.1 Å². The van der Waals surface area contributed by atoms with E-state index < -0.39 is 78.5 Å². The van der Waals surface area contributed by atoms with Crippen molar-refractivity contribution in [1.29, 1.82) is 0 Å². The topological polar surface area (TPSA) is 331 Å². The monoisotopic (exact) mass is 1040 g/mol. The lowest BCUT2D eigenvalue weighted by molar-refractivity contribution is -0.688. The number of rotatable bonds is 20. The fraction of sp³-hybridized carbons (Fsp3) is 0.408. The van der Waals surface area contributed by atoms with Crippen LogP contribution in [0.4, 0.5) is 18.9 Å². The number of hydrogen-bond acceptors (Lipinski definition) is 15. The highest BCUT2D eigenvalue weighted by atomic mass is 19.4. The maximum Gasteiger partial charge on any atom is 0.430 e. The molecule has 0 unspecified atom stereocenters. The van der Waals surface area contributed by atoms with Gasteiger partial charge in [0.05, 0.1) is 5.69 Å². The lowest BCUT2D eigenvalue weighted by atomic mass is 9.91. The molecular formula is C49H56F3N7O15. The fourth-order valence-electron chi connectivity index (χ4n) is 7.97. The van der Waals surface area contributed by atoms with Gasteiger partial charge in [-0.2, -0.15) is 13.2 Å². The highest BCUT2D eigenvalue weighted by Crippen LogP contribution is 2.31. The molecule has 0 bridgehead atoms. The predicted octanol–water partition coefficient (Wildman–Crippen LogP) is -0.859. The molecule has 3 aliphatic rings. The van der Waals surface area contributed by atoms with Crippen LogP contribution in [-0.4, -0.2) is 153 Å². The zero-order valence-corrected chi connectivity index (χ0v) is 39.6. The minimum absolute atomic E-state index is 0.0327. The number of aliphatic hydroxyl groups excluding tert-OH is 3. The maximum atomic E-state index is 13.3. The smallest absolute Gasteiger partial charge is 0.430 e. The number of aromatic nitrogens is 1. The molecule has 2 fully saturated rings. The number of amides is 6. The summed E-state index contributed by atoms with van der Waals surface area (Å²) in [5, 5.41) is 57.5. The van der Waals surface area contributed by atoms with Crippen molar-refractivity contribution in [3.05, 3.63) is 108 Å². The molecule has 6 atom stereocenters. The third-order valence-corrected chi connectivity index (χ3v) is 11.9. The Labute approximate surface area is 421 Å². The minimum atomic E-state index is -5.19. The quantitative estimate of drug-likeness (QED) is 0.0296.